The van der Waals surface area contributed by atoms with E-state index >= 15 is 0 Å². The van der Waals surface area contributed by atoms with E-state index in [2.05, 4.69) is 16.5 Å². The maximum Gasteiger partial charge on any atom is 0.239 e. The number of aromatic nitrogens is 2. The van der Waals surface area contributed by atoms with Crippen molar-refractivity contribution >= 4 is 34.1 Å². The number of nitrogens with zero attached hydrogens (tertiary/aromatic N) is 4. The third kappa shape index (κ3) is 2.51. The SMILES string of the molecule is CN1C(=N)N[C@](C)(c2ccc(C#N)s2)[C@H](c2ccc3c(cnn3C)c2)C1=O. The minimum atomic E-state index is -0.823. The standard InChI is InChI=1S/C19H18N6OS/c1-19(15-7-5-13(9-20)27-15)16(17(26)24(2)18(21)23-19)11-4-6-14-12(8-11)10-22-25(14)3/h4-8,10,16H,1-3H3,(H2,21,23)/t16-,19-/m1/s1. The highest BCUT2D eigenvalue weighted by molar-refractivity contribution is 7.12. The molecule has 2 atom stereocenters. The maximum atomic E-state index is 13.2. The lowest BCUT2D eigenvalue weighted by Gasteiger charge is -2.45. The molecule has 3 aromatic rings. The molecule has 1 aliphatic heterocycles. The summed E-state index contributed by atoms with van der Waals surface area (Å²) in [6.45, 7) is 1.91. The summed E-state index contributed by atoms with van der Waals surface area (Å²) < 4.78 is 1.79. The van der Waals surface area contributed by atoms with Gasteiger partial charge in [-0.25, -0.2) is 0 Å². The van der Waals surface area contributed by atoms with Crippen LogP contribution in [0.1, 0.15) is 28.2 Å². The number of benzene rings is 1. The number of likely N-dealkylation sites (N-methyl/N-ethyl adjacent to an activating group) is 1. The summed E-state index contributed by atoms with van der Waals surface area (Å²) in [5.74, 6) is -0.643. The van der Waals surface area contributed by atoms with Crippen molar-refractivity contribution in [3.05, 3.63) is 51.8 Å². The van der Waals surface area contributed by atoms with Crippen molar-refractivity contribution in [1.82, 2.24) is 20.0 Å². The van der Waals surface area contributed by atoms with Gasteiger partial charge in [0.25, 0.3) is 0 Å². The summed E-state index contributed by atoms with van der Waals surface area (Å²) in [7, 11) is 3.48. The Bertz CT molecular complexity index is 1120. The molecule has 4 rings (SSSR count). The molecule has 8 heteroatoms. The number of hydrogen-bond acceptors (Lipinski definition) is 5. The van der Waals surface area contributed by atoms with Crippen LogP contribution in [0.15, 0.2) is 36.5 Å². The topological polar surface area (TPSA) is 97.8 Å². The summed E-state index contributed by atoms with van der Waals surface area (Å²) >= 11 is 1.34. The molecule has 0 unspecified atom stereocenters. The Hall–Kier alpha value is -3.18. The first-order valence-corrected chi connectivity index (χ1v) is 9.23. The number of carbonyl (C=O) groups excluding carboxylic acids is 1. The average molecular weight is 378 g/mol. The lowest BCUT2D eigenvalue weighted by atomic mass is 9.76. The molecule has 0 bridgehead atoms. The van der Waals surface area contributed by atoms with Gasteiger partial charge in [-0.1, -0.05) is 6.07 Å². The molecule has 136 valence electrons. The Kier molecular flexibility index (Phi) is 3.78. The van der Waals surface area contributed by atoms with E-state index in [1.807, 2.05) is 38.2 Å². The van der Waals surface area contributed by atoms with Crippen LogP contribution in [0.2, 0.25) is 0 Å². The molecule has 1 fully saturated rings. The molecule has 0 spiro atoms. The van der Waals surface area contributed by atoms with Gasteiger partial charge < -0.3 is 5.32 Å². The lowest BCUT2D eigenvalue weighted by molar-refractivity contribution is -0.131. The van der Waals surface area contributed by atoms with E-state index in [0.29, 0.717) is 4.88 Å². The summed E-state index contributed by atoms with van der Waals surface area (Å²) in [6.07, 6.45) is 1.78. The van der Waals surface area contributed by atoms with Gasteiger partial charge in [-0.15, -0.1) is 11.3 Å². The highest BCUT2D eigenvalue weighted by Crippen LogP contribution is 2.43. The Balaban J connectivity index is 1.89. The second-order valence-corrected chi connectivity index (χ2v) is 7.95. The number of nitriles is 1. The summed E-state index contributed by atoms with van der Waals surface area (Å²) in [4.78, 5) is 16.0. The van der Waals surface area contributed by atoms with Crippen LogP contribution in [0.5, 0.6) is 0 Å². The minimum Gasteiger partial charge on any atom is -0.345 e. The number of aryl methyl sites for hydroxylation is 1. The number of rotatable bonds is 2. The first-order valence-electron chi connectivity index (χ1n) is 8.41. The zero-order chi connectivity index (χ0) is 19.3. The molecule has 27 heavy (non-hydrogen) atoms. The first-order chi connectivity index (χ1) is 12.8. The van der Waals surface area contributed by atoms with Crippen molar-refractivity contribution in [2.24, 2.45) is 7.05 Å². The molecule has 1 saturated heterocycles. The van der Waals surface area contributed by atoms with Crippen LogP contribution in [0.3, 0.4) is 0 Å². The van der Waals surface area contributed by atoms with Crippen molar-refractivity contribution in [3.63, 3.8) is 0 Å². The molecular weight excluding hydrogens is 360 g/mol. The Morgan fingerprint density at radius 2 is 2.11 bits per heavy atom. The Morgan fingerprint density at radius 1 is 1.33 bits per heavy atom. The quantitative estimate of drug-likeness (QED) is 0.716. The van der Waals surface area contributed by atoms with Gasteiger partial charge >= 0.3 is 0 Å². The number of hydrogen-bond donors (Lipinski definition) is 2. The smallest absolute Gasteiger partial charge is 0.239 e. The summed E-state index contributed by atoms with van der Waals surface area (Å²) in [5, 5.41) is 25.8. The van der Waals surface area contributed by atoms with Crippen molar-refractivity contribution in [2.45, 2.75) is 18.4 Å². The van der Waals surface area contributed by atoms with Gasteiger partial charge in [0.1, 0.15) is 10.9 Å². The van der Waals surface area contributed by atoms with Gasteiger partial charge in [-0.05, 0) is 36.8 Å². The number of nitrogens with one attached hydrogen (secondary N) is 2. The second kappa shape index (κ2) is 5.93. The van der Waals surface area contributed by atoms with Crippen LogP contribution in [0.4, 0.5) is 0 Å². The van der Waals surface area contributed by atoms with Crippen molar-refractivity contribution in [3.8, 4) is 6.07 Å². The first kappa shape index (κ1) is 17.2. The monoisotopic (exact) mass is 378 g/mol. The Morgan fingerprint density at radius 3 is 2.81 bits per heavy atom. The third-order valence-electron chi connectivity index (χ3n) is 5.20. The Labute approximate surface area is 160 Å². The van der Waals surface area contributed by atoms with Gasteiger partial charge in [0.2, 0.25) is 5.91 Å². The van der Waals surface area contributed by atoms with Crippen LogP contribution in [-0.4, -0.2) is 33.6 Å². The predicted molar refractivity (Wildman–Crippen MR) is 103 cm³/mol. The number of fused-ring (bicyclic) bond motifs is 1. The zero-order valence-corrected chi connectivity index (χ0v) is 16.0. The van der Waals surface area contributed by atoms with Gasteiger partial charge in [-0.2, -0.15) is 10.4 Å². The third-order valence-corrected chi connectivity index (χ3v) is 6.43. The van der Waals surface area contributed by atoms with Crippen LogP contribution >= 0.6 is 11.3 Å². The average Bonchev–Trinajstić information content (AvgIpc) is 3.27. The number of amides is 1. The number of thiophene rings is 1. The van der Waals surface area contributed by atoms with E-state index in [9.17, 15) is 10.1 Å². The molecule has 7 nitrogen and oxygen atoms in total. The molecule has 0 saturated carbocycles. The van der Waals surface area contributed by atoms with E-state index in [4.69, 9.17) is 5.41 Å². The predicted octanol–water partition coefficient (Wildman–Crippen LogP) is 2.50. The fourth-order valence-electron chi connectivity index (χ4n) is 3.67. The molecule has 2 aromatic heterocycles. The van der Waals surface area contributed by atoms with E-state index in [0.717, 1.165) is 21.3 Å². The van der Waals surface area contributed by atoms with E-state index in [1.165, 1.54) is 16.2 Å². The van der Waals surface area contributed by atoms with Gasteiger partial charge in [0.15, 0.2) is 5.96 Å². The highest BCUT2D eigenvalue weighted by Gasteiger charge is 2.49. The number of guanidine groups is 1. The van der Waals surface area contributed by atoms with Gasteiger partial charge in [0, 0.05) is 24.4 Å². The normalized spacial score (nSPS) is 22.7. The van der Waals surface area contributed by atoms with Gasteiger partial charge in [-0.3, -0.25) is 19.8 Å². The van der Waals surface area contributed by atoms with Crippen LogP contribution < -0.4 is 5.32 Å². The zero-order valence-electron chi connectivity index (χ0n) is 15.1. The fourth-order valence-corrected chi connectivity index (χ4v) is 4.61. The summed E-state index contributed by atoms with van der Waals surface area (Å²) in [6, 6.07) is 11.6. The van der Waals surface area contributed by atoms with E-state index in [1.54, 1.807) is 24.0 Å². The highest BCUT2D eigenvalue weighted by atomic mass is 32.1. The van der Waals surface area contributed by atoms with E-state index in [-0.39, 0.29) is 11.9 Å². The molecule has 1 aromatic carbocycles. The number of carbonyl (C=O) groups is 1. The molecule has 2 N–H and O–H groups in total. The molecule has 1 amide bonds. The maximum absolute atomic E-state index is 13.2. The van der Waals surface area contributed by atoms with Gasteiger partial charge in [0.05, 0.1) is 23.2 Å². The molecule has 1 aliphatic rings. The van der Waals surface area contributed by atoms with Crippen LogP contribution in [0, 0.1) is 16.7 Å². The largest absolute Gasteiger partial charge is 0.345 e. The fraction of sp³-hybridized carbons (Fsp3) is 0.263. The van der Waals surface area contributed by atoms with Crippen molar-refractivity contribution in [2.75, 3.05) is 7.05 Å². The summed E-state index contributed by atoms with van der Waals surface area (Å²) in [5.41, 5.74) is 1.01. The molecule has 0 aliphatic carbocycles. The van der Waals surface area contributed by atoms with E-state index < -0.39 is 11.5 Å². The molecule has 3 heterocycles. The molecular formula is C19H18N6OS. The second-order valence-electron chi connectivity index (χ2n) is 6.87. The van der Waals surface area contributed by atoms with Crippen molar-refractivity contribution in [1.29, 1.82) is 10.7 Å². The van der Waals surface area contributed by atoms with Crippen LogP contribution in [-0.2, 0) is 17.4 Å². The lowest BCUT2D eigenvalue weighted by Crippen LogP contribution is -2.62. The van der Waals surface area contributed by atoms with Crippen molar-refractivity contribution < 1.29 is 4.79 Å². The minimum absolute atomic E-state index is 0.0492. The molecule has 0 radical (unpaired) electrons. The van der Waals surface area contributed by atoms with Crippen LogP contribution in [0.25, 0.3) is 10.9 Å².